The predicted octanol–water partition coefficient (Wildman–Crippen LogP) is 8.27. The van der Waals surface area contributed by atoms with E-state index in [0.29, 0.717) is 11.5 Å². The lowest BCUT2D eigenvalue weighted by Gasteiger charge is -2.13. The zero-order valence-electron chi connectivity index (χ0n) is 21.1. The van der Waals surface area contributed by atoms with Crippen molar-refractivity contribution in [2.24, 2.45) is 0 Å². The molecule has 0 amide bonds. The molecule has 0 aliphatic carbocycles. The number of hydrogen-bond donors (Lipinski definition) is 0. The monoisotopic (exact) mass is 453 g/mol. The van der Waals surface area contributed by atoms with E-state index in [0.717, 1.165) is 56.4 Å². The molecule has 0 aliphatic rings. The average molecular weight is 454 g/mol. The summed E-state index contributed by atoms with van der Waals surface area (Å²) in [6.07, 6.45) is 14.5. The van der Waals surface area contributed by atoms with Gasteiger partial charge in [0.05, 0.1) is 19.9 Å². The zero-order valence-corrected chi connectivity index (χ0v) is 21.1. The number of allylic oxidation sites excluding steroid dienone is 12. The number of aromatic nitrogens is 1. The van der Waals surface area contributed by atoms with Crippen molar-refractivity contribution in [3.05, 3.63) is 121 Å². The Balaban J connectivity index is 2.41. The lowest BCUT2D eigenvalue weighted by Crippen LogP contribution is -1.96. The van der Waals surface area contributed by atoms with E-state index in [1.807, 2.05) is 50.3 Å². The normalized spacial score (nSPS) is 12.4. The SMILES string of the molecule is C=C/C=C\C(=C)C(=C)/C=C\C(=C)/C(C)=C/C(=C\CC)c1cc2cc(OC)c(OC)cc2c(C)n1. The van der Waals surface area contributed by atoms with Crippen molar-refractivity contribution >= 4 is 16.3 Å². The maximum absolute atomic E-state index is 5.50. The van der Waals surface area contributed by atoms with E-state index in [2.05, 4.69) is 51.5 Å². The maximum Gasteiger partial charge on any atom is 0.161 e. The molecule has 0 aliphatic heterocycles. The molecule has 0 saturated carbocycles. The minimum absolute atomic E-state index is 0.694. The number of methoxy groups -OCH3 is 2. The van der Waals surface area contributed by atoms with Gasteiger partial charge in [-0.1, -0.05) is 69.7 Å². The third kappa shape index (κ3) is 6.58. The molecule has 0 radical (unpaired) electrons. The van der Waals surface area contributed by atoms with Crippen molar-refractivity contribution in [2.75, 3.05) is 14.2 Å². The van der Waals surface area contributed by atoms with Gasteiger partial charge in [0.25, 0.3) is 0 Å². The summed E-state index contributed by atoms with van der Waals surface area (Å²) in [6, 6.07) is 6.06. The maximum atomic E-state index is 5.50. The molecule has 1 aromatic carbocycles. The van der Waals surface area contributed by atoms with Gasteiger partial charge >= 0.3 is 0 Å². The van der Waals surface area contributed by atoms with Crippen molar-refractivity contribution in [1.29, 1.82) is 0 Å². The third-order valence-corrected chi connectivity index (χ3v) is 5.46. The molecule has 0 unspecified atom stereocenters. The Morgan fingerprint density at radius 1 is 0.941 bits per heavy atom. The highest BCUT2D eigenvalue weighted by atomic mass is 16.5. The standard InChI is InChI=1S/C31H35NO2/c1-10-12-14-21(3)22(4)15-16-23(5)24(6)17-26(13-11-2)29-18-27-19-30(33-8)31(34-9)20-28(27)25(7)32-29/h10,12-20H,1,3-5,11H2,2,6-9H3/b14-12-,16-15-,24-17+,26-13+. The second-order valence-electron chi connectivity index (χ2n) is 7.92. The van der Waals surface area contributed by atoms with E-state index >= 15 is 0 Å². The molecule has 176 valence electrons. The molecule has 34 heavy (non-hydrogen) atoms. The minimum atomic E-state index is 0.694. The molecule has 1 heterocycles. The van der Waals surface area contributed by atoms with Crippen LogP contribution in [-0.2, 0) is 0 Å². The van der Waals surface area contributed by atoms with Gasteiger partial charge < -0.3 is 9.47 Å². The van der Waals surface area contributed by atoms with Gasteiger partial charge in [-0.2, -0.15) is 0 Å². The van der Waals surface area contributed by atoms with Crippen LogP contribution >= 0.6 is 0 Å². The molecule has 0 fully saturated rings. The van der Waals surface area contributed by atoms with E-state index in [1.54, 1.807) is 20.3 Å². The second kappa shape index (κ2) is 12.4. The van der Waals surface area contributed by atoms with E-state index in [1.165, 1.54) is 0 Å². The first-order chi connectivity index (χ1) is 16.2. The van der Waals surface area contributed by atoms with Gasteiger partial charge in [0.2, 0.25) is 0 Å². The van der Waals surface area contributed by atoms with Gasteiger partial charge in [0.15, 0.2) is 11.5 Å². The summed E-state index contributed by atoms with van der Waals surface area (Å²) in [5, 5.41) is 2.09. The van der Waals surface area contributed by atoms with Gasteiger partial charge in [0, 0.05) is 11.1 Å². The Hall–Kier alpha value is -3.85. The molecule has 0 bridgehead atoms. The van der Waals surface area contributed by atoms with Crippen LogP contribution in [0.1, 0.15) is 31.7 Å². The van der Waals surface area contributed by atoms with E-state index in [-0.39, 0.29) is 0 Å². The van der Waals surface area contributed by atoms with E-state index < -0.39 is 0 Å². The number of aryl methyl sites for hydroxylation is 1. The number of hydrogen-bond acceptors (Lipinski definition) is 3. The van der Waals surface area contributed by atoms with Gasteiger partial charge in [-0.15, -0.1) is 0 Å². The van der Waals surface area contributed by atoms with Crippen LogP contribution in [0.5, 0.6) is 11.5 Å². The first-order valence-electron chi connectivity index (χ1n) is 11.2. The summed E-state index contributed by atoms with van der Waals surface area (Å²) in [7, 11) is 3.28. The van der Waals surface area contributed by atoms with Crippen LogP contribution in [0.15, 0.2) is 109 Å². The number of fused-ring (bicyclic) bond motifs is 1. The molecule has 3 heteroatoms. The van der Waals surface area contributed by atoms with Crippen molar-refractivity contribution < 1.29 is 9.47 Å². The molecule has 0 N–H and O–H groups in total. The molecule has 0 atom stereocenters. The highest BCUT2D eigenvalue weighted by Crippen LogP contribution is 2.34. The van der Waals surface area contributed by atoms with Crippen LogP contribution in [0, 0.1) is 6.92 Å². The Labute approximate surface area is 204 Å². The van der Waals surface area contributed by atoms with Gasteiger partial charge in [-0.05, 0) is 77.8 Å². The smallest absolute Gasteiger partial charge is 0.161 e. The number of benzene rings is 1. The fourth-order valence-corrected chi connectivity index (χ4v) is 3.41. The molecule has 3 nitrogen and oxygen atoms in total. The molecular formula is C31H35NO2. The molecule has 1 aromatic heterocycles. The Morgan fingerprint density at radius 2 is 1.56 bits per heavy atom. The topological polar surface area (TPSA) is 31.4 Å². The lowest BCUT2D eigenvalue weighted by atomic mass is 9.99. The van der Waals surface area contributed by atoms with Crippen molar-refractivity contribution in [1.82, 2.24) is 4.98 Å². The summed E-state index contributed by atoms with van der Waals surface area (Å²) in [5.74, 6) is 1.39. The van der Waals surface area contributed by atoms with Crippen LogP contribution in [0.4, 0.5) is 0 Å². The third-order valence-electron chi connectivity index (χ3n) is 5.46. The molecular weight excluding hydrogens is 418 g/mol. The van der Waals surface area contributed by atoms with Gasteiger partial charge in [0.1, 0.15) is 0 Å². The Kier molecular flexibility index (Phi) is 9.63. The van der Waals surface area contributed by atoms with Gasteiger partial charge in [-0.3, -0.25) is 4.98 Å². The number of nitrogens with zero attached hydrogens (tertiary/aromatic N) is 1. The van der Waals surface area contributed by atoms with Crippen LogP contribution in [0.2, 0.25) is 0 Å². The highest BCUT2D eigenvalue weighted by Gasteiger charge is 2.11. The number of rotatable bonds is 11. The van der Waals surface area contributed by atoms with Crippen LogP contribution in [-0.4, -0.2) is 19.2 Å². The average Bonchev–Trinajstić information content (AvgIpc) is 2.84. The molecule has 0 saturated heterocycles. The quantitative estimate of drug-likeness (QED) is 0.321. The predicted molar refractivity (Wildman–Crippen MR) is 148 cm³/mol. The van der Waals surface area contributed by atoms with Gasteiger partial charge in [-0.25, -0.2) is 0 Å². The highest BCUT2D eigenvalue weighted by molar-refractivity contribution is 5.91. The fourth-order valence-electron chi connectivity index (χ4n) is 3.41. The number of ether oxygens (including phenoxy) is 2. The molecule has 2 aromatic rings. The first-order valence-corrected chi connectivity index (χ1v) is 11.2. The van der Waals surface area contributed by atoms with Crippen molar-refractivity contribution in [3.8, 4) is 11.5 Å². The van der Waals surface area contributed by atoms with Crippen LogP contribution in [0.25, 0.3) is 16.3 Å². The summed E-state index contributed by atoms with van der Waals surface area (Å²) in [6.45, 7) is 22.2. The summed E-state index contributed by atoms with van der Waals surface area (Å²) >= 11 is 0. The van der Waals surface area contributed by atoms with Crippen molar-refractivity contribution in [2.45, 2.75) is 27.2 Å². The summed E-state index contributed by atoms with van der Waals surface area (Å²) < 4.78 is 11.0. The second-order valence-corrected chi connectivity index (χ2v) is 7.92. The van der Waals surface area contributed by atoms with Crippen LogP contribution < -0.4 is 9.47 Å². The van der Waals surface area contributed by atoms with Crippen molar-refractivity contribution in [3.63, 3.8) is 0 Å². The molecule has 0 spiro atoms. The fraction of sp³-hybridized carbons (Fsp3) is 0.194. The van der Waals surface area contributed by atoms with E-state index in [9.17, 15) is 0 Å². The van der Waals surface area contributed by atoms with E-state index in [4.69, 9.17) is 14.5 Å². The first kappa shape index (κ1) is 26.4. The Bertz CT molecular complexity index is 1240. The van der Waals surface area contributed by atoms with Crippen LogP contribution in [0.3, 0.4) is 0 Å². The zero-order chi connectivity index (χ0) is 25.3. The summed E-state index contributed by atoms with van der Waals surface area (Å²) in [5.41, 5.74) is 6.49. The lowest BCUT2D eigenvalue weighted by molar-refractivity contribution is 0.356. The minimum Gasteiger partial charge on any atom is -0.493 e. The summed E-state index contributed by atoms with van der Waals surface area (Å²) in [4.78, 5) is 4.89. The largest absolute Gasteiger partial charge is 0.493 e. The Morgan fingerprint density at radius 3 is 2.18 bits per heavy atom. The number of pyridine rings is 1. The molecule has 2 rings (SSSR count).